The van der Waals surface area contributed by atoms with Gasteiger partial charge in [0.15, 0.2) is 12.2 Å². The Hall–Kier alpha value is -1.94. The third-order valence-electron chi connectivity index (χ3n) is 16.8. The Morgan fingerprint density at radius 1 is 0.272 bits per heavy atom. The number of carbonyl (C=O) groups is 4. The van der Waals surface area contributed by atoms with Crippen molar-refractivity contribution in [2.24, 2.45) is 23.7 Å². The minimum Gasteiger partial charge on any atom is -0.462 e. The van der Waals surface area contributed by atoms with Gasteiger partial charge in [0.1, 0.15) is 19.3 Å². The van der Waals surface area contributed by atoms with Gasteiger partial charge < -0.3 is 33.8 Å². The number of rotatable bonds is 70. The van der Waals surface area contributed by atoms with Crippen LogP contribution in [0.5, 0.6) is 0 Å². The summed E-state index contributed by atoms with van der Waals surface area (Å²) in [4.78, 5) is 72.7. The molecule has 3 N–H and O–H groups in total. The summed E-state index contributed by atoms with van der Waals surface area (Å²) in [6.45, 7) is 14.1. The molecular weight excluding hydrogens is 1210 g/mol. The summed E-state index contributed by atoms with van der Waals surface area (Å²) in [5.74, 6) is 0.885. The van der Waals surface area contributed by atoms with Gasteiger partial charge in [-0.3, -0.25) is 37.3 Å². The van der Waals surface area contributed by atoms with E-state index in [4.69, 9.17) is 37.0 Å². The maximum absolute atomic E-state index is 13.1. The predicted octanol–water partition coefficient (Wildman–Crippen LogP) is 20.9. The van der Waals surface area contributed by atoms with Crippen LogP contribution >= 0.6 is 15.6 Å². The van der Waals surface area contributed by atoms with Crippen molar-refractivity contribution >= 4 is 39.5 Å². The van der Waals surface area contributed by atoms with Crippen LogP contribution in [-0.4, -0.2) is 96.7 Å². The Morgan fingerprint density at radius 2 is 0.457 bits per heavy atom. The Labute approximate surface area is 562 Å². The summed E-state index contributed by atoms with van der Waals surface area (Å²) >= 11 is 0. The van der Waals surface area contributed by atoms with Crippen LogP contribution in [0.1, 0.15) is 364 Å². The zero-order valence-electron chi connectivity index (χ0n) is 60.2. The lowest BCUT2D eigenvalue weighted by Gasteiger charge is -2.21. The lowest BCUT2D eigenvalue weighted by Crippen LogP contribution is -2.30. The van der Waals surface area contributed by atoms with Gasteiger partial charge in [0.2, 0.25) is 0 Å². The Kier molecular flexibility index (Phi) is 61.3. The highest BCUT2D eigenvalue weighted by atomic mass is 31.2. The fraction of sp³-hybridized carbons (Fsp3) is 0.945. The van der Waals surface area contributed by atoms with Crippen LogP contribution in [0.25, 0.3) is 0 Å². The summed E-state index contributed by atoms with van der Waals surface area (Å²) in [6, 6.07) is 0. The van der Waals surface area contributed by atoms with Crippen LogP contribution in [-0.2, 0) is 65.4 Å². The highest BCUT2D eigenvalue weighted by Crippen LogP contribution is 2.45. The highest BCUT2D eigenvalue weighted by molar-refractivity contribution is 7.47. The Morgan fingerprint density at radius 3 is 0.674 bits per heavy atom. The molecule has 0 amide bonds. The second kappa shape index (κ2) is 62.6. The molecular formula is C73H142O17P2. The first-order valence-corrected chi connectivity index (χ1v) is 40.7. The quantitative estimate of drug-likeness (QED) is 0.0222. The first-order valence-electron chi connectivity index (χ1n) is 37.7. The molecule has 3 unspecified atom stereocenters. The fourth-order valence-corrected chi connectivity index (χ4v) is 12.6. The lowest BCUT2D eigenvalue weighted by molar-refractivity contribution is -0.161. The number of ether oxygens (including phenoxy) is 4. The molecule has 17 nitrogen and oxygen atoms in total. The molecule has 0 aromatic rings. The molecule has 19 heteroatoms. The van der Waals surface area contributed by atoms with E-state index >= 15 is 0 Å². The van der Waals surface area contributed by atoms with E-state index in [1.807, 2.05) is 0 Å². The molecule has 0 fully saturated rings. The Balaban J connectivity index is 5.27. The van der Waals surface area contributed by atoms with Crippen molar-refractivity contribution in [3.63, 3.8) is 0 Å². The summed E-state index contributed by atoms with van der Waals surface area (Å²) < 4.78 is 68.4. The van der Waals surface area contributed by atoms with Gasteiger partial charge in [0, 0.05) is 25.7 Å². The number of phosphoric ester groups is 2. The van der Waals surface area contributed by atoms with E-state index in [2.05, 4.69) is 55.4 Å². The van der Waals surface area contributed by atoms with Crippen molar-refractivity contribution in [3.8, 4) is 0 Å². The number of aliphatic hydroxyl groups excluding tert-OH is 1. The van der Waals surface area contributed by atoms with E-state index in [1.165, 1.54) is 167 Å². The van der Waals surface area contributed by atoms with Crippen LogP contribution < -0.4 is 0 Å². The smallest absolute Gasteiger partial charge is 0.462 e. The van der Waals surface area contributed by atoms with Crippen molar-refractivity contribution in [3.05, 3.63) is 0 Å². The first-order chi connectivity index (χ1) is 44.1. The lowest BCUT2D eigenvalue weighted by atomic mass is 10.0. The average Bonchev–Trinajstić information content (AvgIpc) is 2.84. The van der Waals surface area contributed by atoms with Crippen LogP contribution in [0.4, 0.5) is 0 Å². The van der Waals surface area contributed by atoms with Gasteiger partial charge >= 0.3 is 39.5 Å². The van der Waals surface area contributed by atoms with Crippen LogP contribution in [0.3, 0.4) is 0 Å². The Bertz CT molecular complexity index is 1820. The van der Waals surface area contributed by atoms with Crippen LogP contribution in [0, 0.1) is 23.7 Å². The number of phosphoric acid groups is 2. The third kappa shape index (κ3) is 66.7. The van der Waals surface area contributed by atoms with Crippen molar-refractivity contribution in [1.82, 2.24) is 0 Å². The normalized spacial score (nSPS) is 14.2. The van der Waals surface area contributed by atoms with Gasteiger partial charge in [0.05, 0.1) is 26.4 Å². The number of hydrogen-bond donors (Lipinski definition) is 3. The van der Waals surface area contributed by atoms with Crippen molar-refractivity contribution in [2.45, 2.75) is 382 Å². The summed E-state index contributed by atoms with van der Waals surface area (Å²) in [7, 11) is -9.91. The predicted molar refractivity (Wildman–Crippen MR) is 372 cm³/mol. The number of esters is 4. The summed E-state index contributed by atoms with van der Waals surface area (Å²) in [6.07, 6.45) is 45.8. The molecule has 0 aliphatic heterocycles. The maximum atomic E-state index is 13.1. The minimum atomic E-state index is -4.96. The second-order valence-electron chi connectivity index (χ2n) is 28.2. The van der Waals surface area contributed by atoms with Gasteiger partial charge in [-0.1, -0.05) is 312 Å². The first kappa shape index (κ1) is 90.1. The standard InChI is InChI=1S/C73H142O17P2/c1-63(2)49-41-33-25-17-12-9-10-14-21-31-39-47-55-72(77)89-68(59-83-70(75)53-45-37-29-20-15-11-13-18-26-34-42-50-64(3)4)61-87-91(79,80)85-57-67(74)58-86-92(81,82)88-62-69(60-84-71(76)54-46-38-30-24-23-28-36-44-52-66(7)8)90-73(78)56-48-40-32-22-16-19-27-35-43-51-65(5)6/h63-69,74H,9-62H2,1-8H3,(H,79,80)(H,81,82)/t67?,68-,69-/m1/s1. The topological polar surface area (TPSA) is 237 Å². The van der Waals surface area contributed by atoms with Gasteiger partial charge in [-0.2, -0.15) is 0 Å². The number of carbonyl (C=O) groups excluding carboxylic acids is 4. The molecule has 0 radical (unpaired) electrons. The highest BCUT2D eigenvalue weighted by Gasteiger charge is 2.30. The van der Waals surface area contributed by atoms with E-state index in [1.54, 1.807) is 0 Å². The third-order valence-corrected chi connectivity index (χ3v) is 18.7. The molecule has 0 bridgehead atoms. The van der Waals surface area contributed by atoms with E-state index < -0.39 is 97.5 Å². The minimum absolute atomic E-state index is 0.104. The summed E-state index contributed by atoms with van der Waals surface area (Å²) in [5, 5.41) is 10.6. The van der Waals surface area contributed by atoms with Crippen LogP contribution in [0.15, 0.2) is 0 Å². The van der Waals surface area contributed by atoms with E-state index in [9.17, 15) is 43.2 Å². The van der Waals surface area contributed by atoms with Crippen molar-refractivity contribution in [2.75, 3.05) is 39.6 Å². The van der Waals surface area contributed by atoms with Crippen molar-refractivity contribution < 1.29 is 80.2 Å². The molecule has 0 aliphatic carbocycles. The van der Waals surface area contributed by atoms with Gasteiger partial charge in [-0.15, -0.1) is 0 Å². The molecule has 0 rings (SSSR count). The van der Waals surface area contributed by atoms with Crippen LogP contribution in [0.2, 0.25) is 0 Å². The SMILES string of the molecule is CC(C)CCCCCCCCCCCCCCC(=O)O[C@H](COC(=O)CCCCCCCCCCCCCC(C)C)COP(=O)(O)OCC(O)COP(=O)(O)OC[C@@H](COC(=O)CCCCCCCCCCC(C)C)OC(=O)CCCCCCCCCCCC(C)C. The average molecular weight is 1350 g/mol. The largest absolute Gasteiger partial charge is 0.472 e. The summed E-state index contributed by atoms with van der Waals surface area (Å²) in [5.41, 5.74) is 0. The molecule has 0 aromatic carbocycles. The molecule has 546 valence electrons. The van der Waals surface area contributed by atoms with Gasteiger partial charge in [0.25, 0.3) is 0 Å². The maximum Gasteiger partial charge on any atom is 0.472 e. The fourth-order valence-electron chi connectivity index (χ4n) is 11.0. The van der Waals surface area contributed by atoms with Gasteiger partial charge in [-0.05, 0) is 49.4 Å². The monoisotopic (exact) mass is 1350 g/mol. The molecule has 0 heterocycles. The molecule has 0 aliphatic rings. The number of aliphatic hydroxyl groups is 1. The molecule has 0 spiro atoms. The van der Waals surface area contributed by atoms with E-state index in [-0.39, 0.29) is 25.7 Å². The second-order valence-corrected chi connectivity index (χ2v) is 31.1. The molecule has 5 atom stereocenters. The molecule has 0 saturated heterocycles. The van der Waals surface area contributed by atoms with E-state index in [0.29, 0.717) is 25.7 Å². The zero-order valence-corrected chi connectivity index (χ0v) is 62.0. The molecule has 92 heavy (non-hydrogen) atoms. The van der Waals surface area contributed by atoms with Gasteiger partial charge in [-0.25, -0.2) is 9.13 Å². The zero-order chi connectivity index (χ0) is 68.2. The van der Waals surface area contributed by atoms with Crippen molar-refractivity contribution in [1.29, 1.82) is 0 Å². The molecule has 0 saturated carbocycles. The molecule has 0 aromatic heterocycles. The van der Waals surface area contributed by atoms with E-state index in [0.717, 1.165) is 114 Å². The number of hydrogen-bond acceptors (Lipinski definition) is 15. The number of unbranched alkanes of at least 4 members (excludes halogenated alkanes) is 36.